The summed E-state index contributed by atoms with van der Waals surface area (Å²) in [7, 11) is 3.82. The second-order valence-electron chi connectivity index (χ2n) is 7.38. The van der Waals surface area contributed by atoms with Crippen molar-refractivity contribution in [3.63, 3.8) is 0 Å². The Morgan fingerprint density at radius 1 is 0.931 bits per heavy atom. The lowest BCUT2D eigenvalue weighted by atomic mass is 10.0. The molecule has 1 unspecified atom stereocenters. The molecule has 1 N–H and O–H groups in total. The number of nitrogens with zero attached hydrogens (tertiary/aromatic N) is 1. The van der Waals surface area contributed by atoms with Crippen LogP contribution in [0.3, 0.4) is 0 Å². The molecule has 4 rings (SSSR count). The fraction of sp³-hybridized carbons (Fsp3) is 0.167. The molecule has 1 aliphatic rings. The monoisotopic (exact) mass is 388 g/mol. The molecule has 3 aromatic rings. The van der Waals surface area contributed by atoms with Gasteiger partial charge in [0.15, 0.2) is 5.78 Å². The number of fused-ring (bicyclic) bond motifs is 3. The van der Waals surface area contributed by atoms with Gasteiger partial charge in [-0.15, -0.1) is 0 Å². The van der Waals surface area contributed by atoms with Crippen molar-refractivity contribution in [1.82, 2.24) is 10.2 Å². The van der Waals surface area contributed by atoms with E-state index in [1.165, 1.54) is 12.1 Å². The van der Waals surface area contributed by atoms with E-state index in [1.807, 2.05) is 49.3 Å². The summed E-state index contributed by atoms with van der Waals surface area (Å²) in [6.45, 7) is 0.364. The van der Waals surface area contributed by atoms with Crippen LogP contribution >= 0.6 is 0 Å². The molecule has 4 nitrogen and oxygen atoms in total. The molecule has 0 aromatic heterocycles. The summed E-state index contributed by atoms with van der Waals surface area (Å²) in [5.74, 6) is -0.590. The Morgan fingerprint density at radius 3 is 2.28 bits per heavy atom. The van der Waals surface area contributed by atoms with Crippen LogP contribution in [0.4, 0.5) is 4.39 Å². The summed E-state index contributed by atoms with van der Waals surface area (Å²) in [6.07, 6.45) is 0. The largest absolute Gasteiger partial charge is 0.350 e. The Labute approximate surface area is 169 Å². The first-order valence-corrected chi connectivity index (χ1v) is 9.44. The van der Waals surface area contributed by atoms with Gasteiger partial charge in [0.25, 0.3) is 5.91 Å². The summed E-state index contributed by atoms with van der Waals surface area (Å²) < 4.78 is 13.2. The first-order chi connectivity index (χ1) is 14.0. The number of hydrogen-bond donors (Lipinski definition) is 1. The molecule has 0 radical (unpaired) electrons. The summed E-state index contributed by atoms with van der Waals surface area (Å²) in [4.78, 5) is 27.4. The van der Waals surface area contributed by atoms with Crippen molar-refractivity contribution < 1.29 is 14.0 Å². The van der Waals surface area contributed by atoms with Crippen LogP contribution in [0.2, 0.25) is 0 Å². The summed E-state index contributed by atoms with van der Waals surface area (Å²) >= 11 is 0. The maximum atomic E-state index is 13.2. The Bertz CT molecular complexity index is 1090. The van der Waals surface area contributed by atoms with Gasteiger partial charge in [0.05, 0.1) is 6.04 Å². The maximum Gasteiger partial charge on any atom is 0.251 e. The highest BCUT2D eigenvalue weighted by atomic mass is 19.1. The van der Waals surface area contributed by atoms with E-state index < -0.39 is 0 Å². The summed E-state index contributed by atoms with van der Waals surface area (Å²) in [6, 6.07) is 18.9. The molecule has 1 atom stereocenters. The van der Waals surface area contributed by atoms with Gasteiger partial charge >= 0.3 is 0 Å². The van der Waals surface area contributed by atoms with Crippen molar-refractivity contribution in [2.75, 3.05) is 20.6 Å². The highest BCUT2D eigenvalue weighted by Crippen LogP contribution is 2.36. The number of hydrogen-bond acceptors (Lipinski definition) is 3. The first-order valence-electron chi connectivity index (χ1n) is 9.44. The smallest absolute Gasteiger partial charge is 0.251 e. The molecule has 0 spiro atoms. The summed E-state index contributed by atoms with van der Waals surface area (Å²) in [5.41, 5.74) is 4.35. The second-order valence-corrected chi connectivity index (χ2v) is 7.38. The highest BCUT2D eigenvalue weighted by molar-refractivity contribution is 6.22. The van der Waals surface area contributed by atoms with Crippen LogP contribution in [0, 0.1) is 5.82 Å². The molecule has 0 aliphatic heterocycles. The van der Waals surface area contributed by atoms with Gasteiger partial charge in [-0.1, -0.05) is 42.5 Å². The fourth-order valence-electron chi connectivity index (χ4n) is 3.74. The van der Waals surface area contributed by atoms with Crippen molar-refractivity contribution in [2.45, 2.75) is 6.04 Å². The molecule has 146 valence electrons. The predicted octanol–water partition coefficient (Wildman–Crippen LogP) is 4.07. The highest BCUT2D eigenvalue weighted by Gasteiger charge is 2.27. The number of carbonyl (C=O) groups excluding carboxylic acids is 2. The molecule has 0 saturated heterocycles. The van der Waals surface area contributed by atoms with Gasteiger partial charge in [-0.3, -0.25) is 9.59 Å². The van der Waals surface area contributed by atoms with E-state index in [-0.39, 0.29) is 23.5 Å². The number of benzene rings is 3. The minimum absolute atomic E-state index is 0.0530. The molecular formula is C24H21FN2O2. The zero-order valence-electron chi connectivity index (χ0n) is 16.3. The molecule has 0 fully saturated rings. The van der Waals surface area contributed by atoms with Crippen LogP contribution < -0.4 is 5.32 Å². The summed E-state index contributed by atoms with van der Waals surface area (Å²) in [5, 5.41) is 2.94. The normalized spacial score (nSPS) is 13.2. The number of likely N-dealkylation sites (N-methyl/N-ethyl adjacent to an activating group) is 1. The SMILES string of the molecule is CN(C)C(CNC(=O)c1ccc2c(c1)C(=O)c1ccccc1-2)c1ccc(F)cc1. The Morgan fingerprint density at radius 2 is 1.59 bits per heavy atom. The van der Waals surface area contributed by atoms with Crippen molar-refractivity contribution in [3.8, 4) is 11.1 Å². The molecule has 5 heteroatoms. The quantitative estimate of drug-likeness (QED) is 0.561. The Hall–Kier alpha value is -3.31. The lowest BCUT2D eigenvalue weighted by Crippen LogP contribution is -2.34. The predicted molar refractivity (Wildman–Crippen MR) is 110 cm³/mol. The van der Waals surface area contributed by atoms with E-state index in [9.17, 15) is 14.0 Å². The van der Waals surface area contributed by atoms with E-state index in [2.05, 4.69) is 5.32 Å². The van der Waals surface area contributed by atoms with E-state index in [1.54, 1.807) is 24.3 Å². The lowest BCUT2D eigenvalue weighted by Gasteiger charge is -2.25. The number of amides is 1. The molecule has 3 aromatic carbocycles. The maximum absolute atomic E-state index is 13.2. The van der Waals surface area contributed by atoms with Crippen molar-refractivity contribution in [3.05, 3.63) is 94.8 Å². The number of halogens is 1. The van der Waals surface area contributed by atoms with Gasteiger partial charge < -0.3 is 10.2 Å². The lowest BCUT2D eigenvalue weighted by molar-refractivity contribution is 0.0942. The van der Waals surface area contributed by atoms with E-state index in [0.29, 0.717) is 23.2 Å². The van der Waals surface area contributed by atoms with Crippen LogP contribution in [0.5, 0.6) is 0 Å². The zero-order chi connectivity index (χ0) is 20.5. The number of nitrogens with one attached hydrogen (secondary N) is 1. The Kier molecular flexibility index (Phi) is 4.99. The van der Waals surface area contributed by atoms with Gasteiger partial charge in [-0.25, -0.2) is 4.39 Å². The van der Waals surface area contributed by atoms with E-state index in [0.717, 1.165) is 16.7 Å². The third-order valence-corrected chi connectivity index (χ3v) is 5.32. The van der Waals surface area contributed by atoms with Gasteiger partial charge in [-0.05, 0) is 55.1 Å². The molecule has 0 saturated carbocycles. The Balaban J connectivity index is 1.52. The standard InChI is InChI=1S/C24H21FN2O2/c1-27(2)22(15-7-10-17(25)11-8-15)14-26-24(29)16-9-12-19-18-5-3-4-6-20(18)23(28)21(19)13-16/h3-13,22H,14H2,1-2H3,(H,26,29). The fourth-order valence-corrected chi connectivity index (χ4v) is 3.74. The molecule has 1 aliphatic carbocycles. The van der Waals surface area contributed by atoms with Crippen molar-refractivity contribution in [1.29, 1.82) is 0 Å². The molecule has 1 amide bonds. The molecule has 0 heterocycles. The molecular weight excluding hydrogens is 367 g/mol. The number of rotatable bonds is 5. The minimum atomic E-state index is -0.293. The molecule has 0 bridgehead atoms. The van der Waals surface area contributed by atoms with Gasteiger partial charge in [0.2, 0.25) is 0 Å². The third-order valence-electron chi connectivity index (χ3n) is 5.32. The van der Waals surface area contributed by atoms with Crippen LogP contribution in [0.15, 0.2) is 66.7 Å². The van der Waals surface area contributed by atoms with E-state index >= 15 is 0 Å². The first kappa shape index (κ1) is 19.0. The van der Waals surface area contributed by atoms with Crippen molar-refractivity contribution in [2.24, 2.45) is 0 Å². The zero-order valence-corrected chi connectivity index (χ0v) is 16.3. The van der Waals surface area contributed by atoms with E-state index in [4.69, 9.17) is 0 Å². The van der Waals surface area contributed by atoms with Crippen LogP contribution in [0.1, 0.15) is 37.9 Å². The van der Waals surface area contributed by atoms with Crippen molar-refractivity contribution >= 4 is 11.7 Å². The topological polar surface area (TPSA) is 49.4 Å². The van der Waals surface area contributed by atoms with Crippen LogP contribution in [0.25, 0.3) is 11.1 Å². The van der Waals surface area contributed by atoms with Gasteiger partial charge in [-0.2, -0.15) is 0 Å². The minimum Gasteiger partial charge on any atom is -0.350 e. The third kappa shape index (κ3) is 3.57. The number of ketones is 1. The average Bonchev–Trinajstić information content (AvgIpc) is 3.01. The average molecular weight is 388 g/mol. The number of carbonyl (C=O) groups is 2. The van der Waals surface area contributed by atoms with Gasteiger partial charge in [0.1, 0.15) is 5.82 Å². The second kappa shape index (κ2) is 7.60. The molecule has 29 heavy (non-hydrogen) atoms. The van der Waals surface area contributed by atoms with Crippen LogP contribution in [-0.2, 0) is 0 Å². The van der Waals surface area contributed by atoms with Gasteiger partial charge in [0, 0.05) is 23.2 Å². The van der Waals surface area contributed by atoms with Crippen LogP contribution in [-0.4, -0.2) is 37.2 Å².